The molecule has 0 spiro atoms. The number of benzene rings is 1. The number of halogens is 2. The zero-order chi connectivity index (χ0) is 17.4. The fraction of sp³-hybridized carbons (Fsp3) is 0.474. The van der Waals surface area contributed by atoms with E-state index >= 15 is 0 Å². The Morgan fingerprint density at radius 1 is 1.19 bits per heavy atom. The standard InChI is InChI=1S/C19H27N3O2.2ClH/c1-3-19(20,4-2)14-22-17(23)11-8-12-18-21-13-16(24-18)15-9-6-5-7-10-15;;/h5-7,9-10,13H,3-4,8,11-12,14,20H2,1-2H3,(H,22,23);2*1H. The van der Waals surface area contributed by atoms with E-state index < -0.39 is 0 Å². The molecule has 0 aliphatic heterocycles. The molecule has 0 fully saturated rings. The topological polar surface area (TPSA) is 81.1 Å². The Bertz CT molecular complexity index is 643. The number of aryl methyl sites for hydroxylation is 1. The van der Waals surface area contributed by atoms with Gasteiger partial charge in [-0.25, -0.2) is 4.98 Å². The van der Waals surface area contributed by atoms with E-state index in [2.05, 4.69) is 10.3 Å². The van der Waals surface area contributed by atoms with Crippen molar-refractivity contribution >= 4 is 30.7 Å². The van der Waals surface area contributed by atoms with Crippen LogP contribution in [-0.4, -0.2) is 23.0 Å². The lowest BCUT2D eigenvalue weighted by atomic mass is 9.94. The molecule has 0 radical (unpaired) electrons. The lowest BCUT2D eigenvalue weighted by molar-refractivity contribution is -0.121. The maximum absolute atomic E-state index is 11.9. The molecule has 1 heterocycles. The number of hydrogen-bond acceptors (Lipinski definition) is 4. The molecule has 0 unspecified atom stereocenters. The molecular weight excluding hydrogens is 373 g/mol. The highest BCUT2D eigenvalue weighted by molar-refractivity contribution is 5.85. The van der Waals surface area contributed by atoms with Gasteiger partial charge in [-0.2, -0.15) is 0 Å². The van der Waals surface area contributed by atoms with E-state index in [-0.39, 0.29) is 36.3 Å². The van der Waals surface area contributed by atoms with Crippen LogP contribution in [-0.2, 0) is 11.2 Å². The summed E-state index contributed by atoms with van der Waals surface area (Å²) in [6.45, 7) is 4.61. The minimum absolute atomic E-state index is 0. The van der Waals surface area contributed by atoms with Crippen molar-refractivity contribution in [3.05, 3.63) is 42.4 Å². The van der Waals surface area contributed by atoms with Gasteiger partial charge in [0.05, 0.1) is 6.20 Å². The fourth-order valence-corrected chi connectivity index (χ4v) is 2.42. The molecule has 0 atom stereocenters. The Kier molecular flexibility index (Phi) is 11.2. The summed E-state index contributed by atoms with van der Waals surface area (Å²) in [5, 5.41) is 2.93. The monoisotopic (exact) mass is 401 g/mol. The first-order chi connectivity index (χ1) is 11.6. The molecule has 1 aromatic heterocycles. The molecule has 7 heteroatoms. The Morgan fingerprint density at radius 3 is 2.46 bits per heavy atom. The van der Waals surface area contributed by atoms with E-state index in [1.165, 1.54) is 0 Å². The van der Waals surface area contributed by atoms with Gasteiger partial charge in [0, 0.05) is 30.5 Å². The molecule has 0 saturated carbocycles. The van der Waals surface area contributed by atoms with Crippen LogP contribution in [0.3, 0.4) is 0 Å². The smallest absolute Gasteiger partial charge is 0.220 e. The van der Waals surface area contributed by atoms with Crippen LogP contribution in [0.5, 0.6) is 0 Å². The minimum atomic E-state index is -0.303. The molecule has 1 aromatic carbocycles. The van der Waals surface area contributed by atoms with E-state index in [1.807, 2.05) is 44.2 Å². The van der Waals surface area contributed by atoms with Gasteiger partial charge in [-0.05, 0) is 19.3 Å². The molecule has 26 heavy (non-hydrogen) atoms. The van der Waals surface area contributed by atoms with E-state index in [0.29, 0.717) is 31.7 Å². The van der Waals surface area contributed by atoms with Gasteiger partial charge in [-0.3, -0.25) is 4.79 Å². The zero-order valence-corrected chi connectivity index (χ0v) is 17.0. The molecule has 146 valence electrons. The van der Waals surface area contributed by atoms with Crippen LogP contribution in [0.2, 0.25) is 0 Å². The molecule has 2 aromatic rings. The van der Waals surface area contributed by atoms with Crippen molar-refractivity contribution < 1.29 is 9.21 Å². The summed E-state index contributed by atoms with van der Waals surface area (Å²) in [4.78, 5) is 16.2. The summed E-state index contributed by atoms with van der Waals surface area (Å²) in [6.07, 6.45) is 5.24. The number of rotatable bonds is 9. The Morgan fingerprint density at radius 2 is 1.85 bits per heavy atom. The number of nitrogens with two attached hydrogens (primary N) is 1. The molecule has 0 aliphatic carbocycles. The third kappa shape index (κ3) is 7.36. The van der Waals surface area contributed by atoms with Crippen molar-refractivity contribution in [3.63, 3.8) is 0 Å². The number of carbonyl (C=O) groups is 1. The van der Waals surface area contributed by atoms with Gasteiger partial charge in [-0.15, -0.1) is 24.8 Å². The van der Waals surface area contributed by atoms with Gasteiger partial charge in [0.25, 0.3) is 0 Å². The lowest BCUT2D eigenvalue weighted by Gasteiger charge is -2.26. The van der Waals surface area contributed by atoms with Crippen LogP contribution in [0.25, 0.3) is 11.3 Å². The van der Waals surface area contributed by atoms with E-state index in [9.17, 15) is 4.79 Å². The van der Waals surface area contributed by atoms with Gasteiger partial charge in [-0.1, -0.05) is 44.2 Å². The molecule has 5 nitrogen and oxygen atoms in total. The van der Waals surface area contributed by atoms with Crippen molar-refractivity contribution in [2.75, 3.05) is 6.54 Å². The first-order valence-corrected chi connectivity index (χ1v) is 8.62. The summed E-state index contributed by atoms with van der Waals surface area (Å²) >= 11 is 0. The quantitative estimate of drug-likeness (QED) is 0.661. The maximum atomic E-state index is 11.9. The summed E-state index contributed by atoms with van der Waals surface area (Å²) in [7, 11) is 0. The Hall–Kier alpha value is -1.56. The normalized spacial score (nSPS) is 10.6. The Labute approximate surface area is 168 Å². The van der Waals surface area contributed by atoms with E-state index in [1.54, 1.807) is 6.20 Å². The van der Waals surface area contributed by atoms with Crippen molar-refractivity contribution in [1.82, 2.24) is 10.3 Å². The highest BCUT2D eigenvalue weighted by Crippen LogP contribution is 2.20. The number of carbonyl (C=O) groups excluding carboxylic acids is 1. The third-order valence-corrected chi connectivity index (χ3v) is 4.45. The average Bonchev–Trinajstić information content (AvgIpc) is 3.09. The maximum Gasteiger partial charge on any atom is 0.220 e. The zero-order valence-electron chi connectivity index (χ0n) is 15.4. The second kappa shape index (κ2) is 11.9. The van der Waals surface area contributed by atoms with Crippen molar-refractivity contribution in [2.45, 2.75) is 51.5 Å². The van der Waals surface area contributed by atoms with Gasteiger partial charge in [0.1, 0.15) is 0 Å². The number of nitrogens with zero attached hydrogens (tertiary/aromatic N) is 1. The van der Waals surface area contributed by atoms with Crippen LogP contribution in [0.1, 0.15) is 45.4 Å². The van der Waals surface area contributed by atoms with Crippen LogP contribution in [0.15, 0.2) is 40.9 Å². The first kappa shape index (κ1) is 24.4. The lowest BCUT2D eigenvalue weighted by Crippen LogP contribution is -2.49. The Balaban J connectivity index is 0.00000312. The summed E-state index contributed by atoms with van der Waals surface area (Å²) in [6, 6.07) is 9.86. The summed E-state index contributed by atoms with van der Waals surface area (Å²) in [5.41, 5.74) is 6.89. The number of hydrogen-bond donors (Lipinski definition) is 2. The molecule has 2 rings (SSSR count). The van der Waals surface area contributed by atoms with Gasteiger partial charge >= 0.3 is 0 Å². The highest BCUT2D eigenvalue weighted by Gasteiger charge is 2.20. The minimum Gasteiger partial charge on any atom is -0.441 e. The van der Waals surface area contributed by atoms with Crippen molar-refractivity contribution in [2.24, 2.45) is 5.73 Å². The highest BCUT2D eigenvalue weighted by atomic mass is 35.5. The average molecular weight is 402 g/mol. The molecule has 0 saturated heterocycles. The van der Waals surface area contributed by atoms with Crippen molar-refractivity contribution in [1.29, 1.82) is 0 Å². The number of aromatic nitrogens is 1. The second-order valence-corrected chi connectivity index (χ2v) is 6.18. The molecule has 1 amide bonds. The third-order valence-electron chi connectivity index (χ3n) is 4.45. The predicted octanol–water partition coefficient (Wildman–Crippen LogP) is 4.14. The second-order valence-electron chi connectivity index (χ2n) is 6.18. The van der Waals surface area contributed by atoms with E-state index in [0.717, 1.165) is 24.2 Å². The van der Waals surface area contributed by atoms with Gasteiger partial charge < -0.3 is 15.5 Å². The summed E-state index contributed by atoms with van der Waals surface area (Å²) < 4.78 is 5.74. The number of amides is 1. The van der Waals surface area contributed by atoms with Crippen molar-refractivity contribution in [3.8, 4) is 11.3 Å². The largest absolute Gasteiger partial charge is 0.441 e. The first-order valence-electron chi connectivity index (χ1n) is 8.62. The van der Waals surface area contributed by atoms with Crippen LogP contribution in [0, 0.1) is 0 Å². The molecular formula is C19H29Cl2N3O2. The molecule has 0 aliphatic rings. The summed E-state index contributed by atoms with van der Waals surface area (Å²) in [5.74, 6) is 1.45. The number of nitrogens with one attached hydrogen (secondary N) is 1. The molecule has 3 N–H and O–H groups in total. The van der Waals surface area contributed by atoms with Crippen LogP contribution >= 0.6 is 24.8 Å². The van der Waals surface area contributed by atoms with Gasteiger partial charge in [0.15, 0.2) is 11.7 Å². The molecule has 0 bridgehead atoms. The fourth-order valence-electron chi connectivity index (χ4n) is 2.42. The predicted molar refractivity (Wildman–Crippen MR) is 110 cm³/mol. The van der Waals surface area contributed by atoms with Crippen LogP contribution in [0.4, 0.5) is 0 Å². The van der Waals surface area contributed by atoms with Crippen LogP contribution < -0.4 is 11.1 Å². The number of oxazole rings is 1. The van der Waals surface area contributed by atoms with E-state index in [4.69, 9.17) is 10.2 Å². The SMILES string of the molecule is CCC(N)(CC)CNC(=O)CCCc1ncc(-c2ccccc2)o1.Cl.Cl. The van der Waals surface area contributed by atoms with Gasteiger partial charge in [0.2, 0.25) is 5.91 Å².